The van der Waals surface area contributed by atoms with Crippen LogP contribution in [0.5, 0.6) is 0 Å². The molecule has 0 saturated heterocycles. The van der Waals surface area contributed by atoms with Crippen molar-refractivity contribution < 1.29 is 0 Å². The minimum Gasteiger partial charge on any atom is -0.374 e. The summed E-state index contributed by atoms with van der Waals surface area (Å²) in [7, 11) is 0. The highest BCUT2D eigenvalue weighted by Gasteiger charge is 2.11. The molecular weight excluding hydrogens is 204 g/mol. The first kappa shape index (κ1) is 8.58. The first-order valence-electron chi connectivity index (χ1n) is 3.70. The minimum atomic E-state index is 0.500. The van der Waals surface area contributed by atoms with Crippen molar-refractivity contribution in [2.45, 2.75) is 13.8 Å². The topological polar surface area (TPSA) is 64.7 Å². The fourth-order valence-corrected chi connectivity index (χ4v) is 2.42. The van der Waals surface area contributed by atoms with Gasteiger partial charge in [0.2, 0.25) is 0 Å². The Morgan fingerprint density at radius 3 is 2.46 bits per heavy atom. The zero-order valence-electron chi connectivity index (χ0n) is 7.24. The van der Waals surface area contributed by atoms with Crippen LogP contribution in [-0.4, -0.2) is 14.3 Å². The molecule has 0 radical (unpaired) electrons. The Morgan fingerprint density at radius 1 is 1.23 bits per heavy atom. The first-order valence-corrected chi connectivity index (χ1v) is 5.29. The summed E-state index contributed by atoms with van der Waals surface area (Å²) in [4.78, 5) is 9.43. The van der Waals surface area contributed by atoms with E-state index in [9.17, 15) is 0 Å². The highest BCUT2D eigenvalue weighted by Crippen LogP contribution is 2.28. The molecular formula is C7H8N4S2. The molecule has 0 amide bonds. The summed E-state index contributed by atoms with van der Waals surface area (Å²) >= 11 is 2.81. The molecule has 2 aromatic heterocycles. The molecule has 0 aromatic carbocycles. The summed E-state index contributed by atoms with van der Waals surface area (Å²) in [5.74, 6) is 0.700. The Morgan fingerprint density at radius 2 is 2.00 bits per heavy atom. The Hall–Kier alpha value is -1.01. The standard InChI is InChI=1S/C7H8N4S2/c1-3-5(12-4(2)9-3)6-10-7(8)13-11-6/h1-2H3,(H2,8,10,11). The molecule has 0 aliphatic rings. The Labute approximate surface area is 83.6 Å². The maximum Gasteiger partial charge on any atom is 0.200 e. The third-order valence-electron chi connectivity index (χ3n) is 1.55. The second-order valence-electron chi connectivity index (χ2n) is 2.60. The van der Waals surface area contributed by atoms with Crippen LogP contribution in [0.2, 0.25) is 0 Å². The Kier molecular flexibility index (Phi) is 2.01. The number of hydrogen-bond donors (Lipinski definition) is 1. The number of rotatable bonds is 1. The van der Waals surface area contributed by atoms with Gasteiger partial charge in [0.25, 0.3) is 0 Å². The van der Waals surface area contributed by atoms with Gasteiger partial charge in [-0.25, -0.2) is 4.98 Å². The molecule has 2 rings (SSSR count). The largest absolute Gasteiger partial charge is 0.374 e. The van der Waals surface area contributed by atoms with Gasteiger partial charge >= 0.3 is 0 Å². The average molecular weight is 212 g/mol. The van der Waals surface area contributed by atoms with E-state index in [-0.39, 0.29) is 0 Å². The van der Waals surface area contributed by atoms with Gasteiger partial charge in [0.15, 0.2) is 11.0 Å². The van der Waals surface area contributed by atoms with Gasteiger partial charge in [-0.15, -0.1) is 11.3 Å². The Balaban J connectivity index is 2.51. The van der Waals surface area contributed by atoms with Gasteiger partial charge in [0.1, 0.15) is 0 Å². The van der Waals surface area contributed by atoms with Crippen LogP contribution >= 0.6 is 22.9 Å². The molecule has 0 unspecified atom stereocenters. The molecule has 2 aromatic rings. The zero-order valence-corrected chi connectivity index (χ0v) is 8.87. The SMILES string of the molecule is Cc1nc(C)c(-c2nsc(N)n2)s1. The summed E-state index contributed by atoms with van der Waals surface area (Å²) < 4.78 is 4.14. The Bertz CT molecular complexity index is 431. The number of aromatic nitrogens is 3. The molecule has 0 aliphatic carbocycles. The van der Waals surface area contributed by atoms with E-state index >= 15 is 0 Å². The third kappa shape index (κ3) is 1.54. The average Bonchev–Trinajstić information content (AvgIpc) is 2.58. The third-order valence-corrected chi connectivity index (χ3v) is 3.16. The number of hydrogen-bond acceptors (Lipinski definition) is 6. The molecule has 0 bridgehead atoms. The van der Waals surface area contributed by atoms with Crippen molar-refractivity contribution in [2.75, 3.05) is 5.73 Å². The van der Waals surface area contributed by atoms with Gasteiger partial charge in [0.05, 0.1) is 15.6 Å². The van der Waals surface area contributed by atoms with E-state index in [1.54, 1.807) is 11.3 Å². The van der Waals surface area contributed by atoms with Crippen LogP contribution in [0.25, 0.3) is 10.7 Å². The predicted octanol–water partition coefficient (Wildman–Crippen LogP) is 1.86. The second kappa shape index (κ2) is 3.04. The lowest BCUT2D eigenvalue weighted by molar-refractivity contribution is 1.19. The van der Waals surface area contributed by atoms with Gasteiger partial charge in [-0.05, 0) is 13.8 Å². The van der Waals surface area contributed by atoms with Crippen molar-refractivity contribution in [2.24, 2.45) is 0 Å². The van der Waals surface area contributed by atoms with Crippen molar-refractivity contribution in [1.29, 1.82) is 0 Å². The monoisotopic (exact) mass is 212 g/mol. The maximum atomic E-state index is 5.50. The summed E-state index contributed by atoms with van der Waals surface area (Å²) in [6.07, 6.45) is 0. The van der Waals surface area contributed by atoms with Gasteiger partial charge in [-0.2, -0.15) is 9.36 Å². The molecule has 2 N–H and O–H groups in total. The zero-order chi connectivity index (χ0) is 9.42. The van der Waals surface area contributed by atoms with Crippen LogP contribution in [0.15, 0.2) is 0 Å². The molecule has 0 atom stereocenters. The highest BCUT2D eigenvalue weighted by atomic mass is 32.1. The van der Waals surface area contributed by atoms with E-state index in [2.05, 4.69) is 14.3 Å². The lowest BCUT2D eigenvalue weighted by Gasteiger charge is -1.87. The van der Waals surface area contributed by atoms with Gasteiger partial charge in [-0.3, -0.25) is 0 Å². The van der Waals surface area contributed by atoms with Crippen LogP contribution in [0.3, 0.4) is 0 Å². The van der Waals surface area contributed by atoms with Crippen LogP contribution in [-0.2, 0) is 0 Å². The van der Waals surface area contributed by atoms with Crippen LogP contribution in [0.1, 0.15) is 10.7 Å². The summed E-state index contributed by atoms with van der Waals surface area (Å²) in [5.41, 5.74) is 6.47. The van der Waals surface area contributed by atoms with Crippen molar-refractivity contribution in [3.63, 3.8) is 0 Å². The molecule has 0 spiro atoms. The number of aryl methyl sites for hydroxylation is 2. The van der Waals surface area contributed by atoms with Crippen LogP contribution in [0, 0.1) is 13.8 Å². The van der Waals surface area contributed by atoms with E-state index in [1.807, 2.05) is 13.8 Å². The van der Waals surface area contributed by atoms with Crippen LogP contribution in [0.4, 0.5) is 5.13 Å². The van der Waals surface area contributed by atoms with E-state index in [4.69, 9.17) is 5.73 Å². The van der Waals surface area contributed by atoms with Gasteiger partial charge in [-0.1, -0.05) is 0 Å². The van der Waals surface area contributed by atoms with E-state index in [0.29, 0.717) is 11.0 Å². The fourth-order valence-electron chi connectivity index (χ4n) is 1.07. The molecule has 4 nitrogen and oxygen atoms in total. The van der Waals surface area contributed by atoms with Crippen molar-refractivity contribution in [1.82, 2.24) is 14.3 Å². The summed E-state index contributed by atoms with van der Waals surface area (Å²) in [5, 5.41) is 1.53. The first-order chi connectivity index (χ1) is 6.16. The number of nitrogens with zero attached hydrogens (tertiary/aromatic N) is 3. The minimum absolute atomic E-state index is 0.500. The molecule has 0 aliphatic heterocycles. The molecule has 13 heavy (non-hydrogen) atoms. The van der Waals surface area contributed by atoms with Crippen molar-refractivity contribution >= 4 is 28.0 Å². The number of anilines is 1. The number of nitrogen functional groups attached to an aromatic ring is 1. The molecule has 0 fully saturated rings. The number of thiazole rings is 1. The molecule has 2 heterocycles. The maximum absolute atomic E-state index is 5.50. The number of nitrogens with two attached hydrogens (primary N) is 1. The second-order valence-corrected chi connectivity index (χ2v) is 4.59. The van der Waals surface area contributed by atoms with Crippen molar-refractivity contribution in [3.05, 3.63) is 10.7 Å². The molecule has 6 heteroatoms. The quantitative estimate of drug-likeness (QED) is 0.783. The molecule has 68 valence electrons. The fraction of sp³-hybridized carbons (Fsp3) is 0.286. The lowest BCUT2D eigenvalue weighted by atomic mass is 10.4. The van der Waals surface area contributed by atoms with E-state index in [0.717, 1.165) is 15.6 Å². The van der Waals surface area contributed by atoms with Crippen molar-refractivity contribution in [3.8, 4) is 10.7 Å². The predicted molar refractivity (Wildman–Crippen MR) is 54.9 cm³/mol. The summed E-state index contributed by atoms with van der Waals surface area (Å²) in [6, 6.07) is 0. The lowest BCUT2D eigenvalue weighted by Crippen LogP contribution is -1.83. The highest BCUT2D eigenvalue weighted by molar-refractivity contribution is 7.15. The van der Waals surface area contributed by atoms with Crippen LogP contribution < -0.4 is 5.73 Å². The van der Waals surface area contributed by atoms with Gasteiger partial charge < -0.3 is 5.73 Å². The van der Waals surface area contributed by atoms with Gasteiger partial charge in [0, 0.05) is 11.5 Å². The smallest absolute Gasteiger partial charge is 0.200 e. The summed E-state index contributed by atoms with van der Waals surface area (Å²) in [6.45, 7) is 3.92. The molecule has 0 saturated carbocycles. The normalized spacial score (nSPS) is 10.6. The van der Waals surface area contributed by atoms with E-state index < -0.39 is 0 Å². The van der Waals surface area contributed by atoms with E-state index in [1.165, 1.54) is 11.5 Å².